The molecule has 0 aliphatic carbocycles. The van der Waals surface area contributed by atoms with Crippen LogP contribution in [-0.4, -0.2) is 46.8 Å². The molecule has 1 aromatic heterocycles. The molecule has 0 bridgehead atoms. The molecule has 1 aromatic carbocycles. The second-order valence-corrected chi connectivity index (χ2v) is 8.36. The molecule has 0 spiro atoms. The molecule has 30 heavy (non-hydrogen) atoms. The van der Waals surface area contributed by atoms with E-state index >= 15 is 0 Å². The van der Waals surface area contributed by atoms with Crippen LogP contribution in [0.15, 0.2) is 36.5 Å². The number of hydrogen-bond donors (Lipinski definition) is 1. The molecule has 0 radical (unpaired) electrons. The lowest BCUT2D eigenvalue weighted by molar-refractivity contribution is -0.141. The van der Waals surface area contributed by atoms with E-state index in [4.69, 9.17) is 0 Å². The molecule has 5 nitrogen and oxygen atoms in total. The van der Waals surface area contributed by atoms with Crippen molar-refractivity contribution in [2.75, 3.05) is 26.2 Å². The van der Waals surface area contributed by atoms with Gasteiger partial charge in [-0.15, -0.1) is 0 Å². The lowest BCUT2D eigenvalue weighted by Crippen LogP contribution is -2.39. The molecule has 1 saturated heterocycles. The van der Waals surface area contributed by atoms with Gasteiger partial charge < -0.3 is 10.2 Å². The van der Waals surface area contributed by atoms with E-state index in [-0.39, 0.29) is 5.91 Å². The van der Waals surface area contributed by atoms with Gasteiger partial charge in [0.05, 0.1) is 5.69 Å². The highest BCUT2D eigenvalue weighted by Gasteiger charge is 2.33. The van der Waals surface area contributed by atoms with Crippen LogP contribution in [0.2, 0.25) is 0 Å². The van der Waals surface area contributed by atoms with E-state index in [0.29, 0.717) is 17.8 Å². The number of carbonyl (C=O) groups is 1. The zero-order chi connectivity index (χ0) is 21.7. The number of nitrogens with zero attached hydrogens (tertiary/aromatic N) is 3. The molecule has 1 fully saturated rings. The van der Waals surface area contributed by atoms with Gasteiger partial charge in [-0.2, -0.15) is 18.3 Å². The third-order valence-electron chi connectivity index (χ3n) is 5.40. The molecular weight excluding hydrogens is 393 g/mol. The molecule has 0 saturated carbocycles. The molecule has 2 aromatic rings. The fourth-order valence-corrected chi connectivity index (χ4v) is 4.12. The summed E-state index contributed by atoms with van der Waals surface area (Å²) < 4.78 is 39.2. The Labute approximate surface area is 175 Å². The van der Waals surface area contributed by atoms with Crippen LogP contribution >= 0.6 is 0 Å². The zero-order valence-electron chi connectivity index (χ0n) is 17.5. The van der Waals surface area contributed by atoms with Gasteiger partial charge in [0, 0.05) is 31.4 Å². The summed E-state index contributed by atoms with van der Waals surface area (Å²) in [6.07, 6.45) is 0.0304. The number of likely N-dealkylation sites (tertiary alicyclic amines) is 1. The SMILES string of the molecule is CC1CC(C)CN(CCCCNC(=O)c2ccc(-n3ccc(C(F)(F)F)n3)cc2)C1. The number of benzene rings is 1. The molecule has 2 unspecified atom stereocenters. The van der Waals surface area contributed by atoms with Crippen LogP contribution in [0.25, 0.3) is 5.69 Å². The van der Waals surface area contributed by atoms with E-state index in [1.165, 1.54) is 12.6 Å². The maximum atomic E-state index is 12.7. The highest BCUT2D eigenvalue weighted by atomic mass is 19.4. The Balaban J connectivity index is 1.42. The molecule has 164 valence electrons. The van der Waals surface area contributed by atoms with E-state index in [1.807, 2.05) is 0 Å². The number of nitrogens with one attached hydrogen (secondary N) is 1. The number of hydrogen-bond acceptors (Lipinski definition) is 3. The molecule has 1 N–H and O–H groups in total. The van der Waals surface area contributed by atoms with Crippen LogP contribution in [-0.2, 0) is 6.18 Å². The summed E-state index contributed by atoms with van der Waals surface area (Å²) in [5.74, 6) is 1.31. The largest absolute Gasteiger partial charge is 0.435 e. The van der Waals surface area contributed by atoms with Crippen LogP contribution in [0.4, 0.5) is 13.2 Å². The van der Waals surface area contributed by atoms with Crippen LogP contribution in [0.5, 0.6) is 0 Å². The maximum Gasteiger partial charge on any atom is 0.435 e. The van der Waals surface area contributed by atoms with Gasteiger partial charge in [-0.3, -0.25) is 4.79 Å². The first-order chi connectivity index (χ1) is 14.2. The summed E-state index contributed by atoms with van der Waals surface area (Å²) in [5, 5.41) is 6.44. The normalized spacial score (nSPS) is 20.3. The fraction of sp³-hybridized carbons (Fsp3) is 0.545. The third-order valence-corrected chi connectivity index (χ3v) is 5.40. The van der Waals surface area contributed by atoms with Crippen molar-refractivity contribution < 1.29 is 18.0 Å². The summed E-state index contributed by atoms with van der Waals surface area (Å²) in [5.41, 5.74) is -0.00884. The van der Waals surface area contributed by atoms with Gasteiger partial charge in [-0.25, -0.2) is 4.68 Å². The number of halogens is 3. The van der Waals surface area contributed by atoms with Gasteiger partial charge in [-0.1, -0.05) is 13.8 Å². The Morgan fingerprint density at radius 2 is 1.77 bits per heavy atom. The predicted octanol–water partition coefficient (Wildman–Crippen LogP) is 4.38. The second kappa shape index (κ2) is 9.64. The molecule has 1 aliphatic rings. The standard InChI is InChI=1S/C22H29F3N4O/c1-16-13-17(2)15-28(14-16)11-4-3-10-26-21(30)18-5-7-19(8-6-18)29-12-9-20(27-29)22(23,24)25/h5-9,12,16-17H,3-4,10-11,13-15H2,1-2H3,(H,26,30). The first kappa shape index (κ1) is 22.3. The highest BCUT2D eigenvalue weighted by molar-refractivity contribution is 5.94. The smallest absolute Gasteiger partial charge is 0.352 e. The van der Waals surface area contributed by atoms with Crippen molar-refractivity contribution >= 4 is 5.91 Å². The molecular formula is C22H29F3N4O. The minimum atomic E-state index is -4.48. The van der Waals surface area contributed by atoms with E-state index in [9.17, 15) is 18.0 Å². The topological polar surface area (TPSA) is 50.2 Å². The van der Waals surface area contributed by atoms with E-state index in [1.54, 1.807) is 24.3 Å². The maximum absolute atomic E-state index is 12.7. The van der Waals surface area contributed by atoms with Gasteiger partial charge in [0.25, 0.3) is 5.91 Å². The summed E-state index contributed by atoms with van der Waals surface area (Å²) in [6.45, 7) is 8.58. The van der Waals surface area contributed by atoms with Gasteiger partial charge in [-0.05, 0) is 68.0 Å². The minimum absolute atomic E-state index is 0.182. The minimum Gasteiger partial charge on any atom is -0.352 e. The van der Waals surface area contributed by atoms with Crippen molar-refractivity contribution in [1.29, 1.82) is 0 Å². The molecule has 1 aliphatic heterocycles. The molecule has 2 heterocycles. The summed E-state index contributed by atoms with van der Waals surface area (Å²) in [6, 6.07) is 7.28. The van der Waals surface area contributed by atoms with Crippen LogP contribution < -0.4 is 5.32 Å². The predicted molar refractivity (Wildman–Crippen MR) is 110 cm³/mol. The molecule has 8 heteroatoms. The Bertz CT molecular complexity index is 822. The van der Waals surface area contributed by atoms with Crippen molar-refractivity contribution in [3.05, 3.63) is 47.8 Å². The number of aromatic nitrogens is 2. The fourth-order valence-electron chi connectivity index (χ4n) is 4.12. The Morgan fingerprint density at radius 3 is 2.37 bits per heavy atom. The average Bonchev–Trinajstić information content (AvgIpc) is 3.18. The number of rotatable bonds is 7. The number of alkyl halides is 3. The van der Waals surface area contributed by atoms with Gasteiger partial charge in [0.1, 0.15) is 0 Å². The first-order valence-electron chi connectivity index (χ1n) is 10.5. The molecule has 1 amide bonds. The van der Waals surface area contributed by atoms with Crippen LogP contribution in [0, 0.1) is 11.8 Å². The summed E-state index contributed by atoms with van der Waals surface area (Å²) in [7, 11) is 0. The number of unbranched alkanes of at least 4 members (excludes halogenated alkanes) is 1. The Kier molecular flexibility index (Phi) is 7.18. The second-order valence-electron chi connectivity index (χ2n) is 8.36. The van der Waals surface area contributed by atoms with E-state index in [2.05, 4.69) is 29.2 Å². The van der Waals surface area contributed by atoms with Crippen molar-refractivity contribution in [2.24, 2.45) is 11.8 Å². The quantitative estimate of drug-likeness (QED) is 0.674. The van der Waals surface area contributed by atoms with Gasteiger partial charge >= 0.3 is 6.18 Å². The van der Waals surface area contributed by atoms with E-state index < -0.39 is 11.9 Å². The Morgan fingerprint density at radius 1 is 1.10 bits per heavy atom. The molecule has 3 rings (SSSR count). The van der Waals surface area contributed by atoms with Crippen LogP contribution in [0.3, 0.4) is 0 Å². The summed E-state index contributed by atoms with van der Waals surface area (Å²) >= 11 is 0. The first-order valence-corrected chi connectivity index (χ1v) is 10.5. The zero-order valence-corrected chi connectivity index (χ0v) is 17.5. The van der Waals surface area contributed by atoms with Crippen molar-refractivity contribution in [2.45, 2.75) is 39.3 Å². The Hall–Kier alpha value is -2.35. The third kappa shape index (κ3) is 6.08. The summed E-state index contributed by atoms with van der Waals surface area (Å²) in [4.78, 5) is 14.8. The number of amides is 1. The van der Waals surface area contributed by atoms with Gasteiger partial charge in [0.15, 0.2) is 5.69 Å². The lowest BCUT2D eigenvalue weighted by Gasteiger charge is -2.34. The van der Waals surface area contributed by atoms with E-state index in [0.717, 1.165) is 55.1 Å². The highest BCUT2D eigenvalue weighted by Crippen LogP contribution is 2.28. The van der Waals surface area contributed by atoms with Crippen molar-refractivity contribution in [3.63, 3.8) is 0 Å². The van der Waals surface area contributed by atoms with Gasteiger partial charge in [0.2, 0.25) is 0 Å². The lowest BCUT2D eigenvalue weighted by atomic mass is 9.92. The van der Waals surface area contributed by atoms with Crippen molar-refractivity contribution in [1.82, 2.24) is 20.0 Å². The number of piperidine rings is 1. The van der Waals surface area contributed by atoms with Crippen molar-refractivity contribution in [3.8, 4) is 5.69 Å². The van der Waals surface area contributed by atoms with Crippen LogP contribution in [0.1, 0.15) is 49.2 Å². The number of carbonyl (C=O) groups excluding carboxylic acids is 1. The average molecular weight is 422 g/mol. The molecule has 2 atom stereocenters. The monoisotopic (exact) mass is 422 g/mol.